The molecule has 2 aromatic carbocycles. The largest absolute Gasteiger partial charge is 0.485 e. The molecule has 7 heteroatoms. The van der Waals surface area contributed by atoms with Crippen molar-refractivity contribution in [2.75, 3.05) is 12.4 Å². The zero-order valence-corrected chi connectivity index (χ0v) is 16.4. The number of benzene rings is 2. The highest BCUT2D eigenvalue weighted by molar-refractivity contribution is 6.37. The normalized spacial score (nSPS) is 11.0. The summed E-state index contributed by atoms with van der Waals surface area (Å²) in [6.07, 6.45) is 0. The smallest absolute Gasteiger partial charge is 0.337 e. The number of hydrogen-bond acceptors (Lipinski definition) is 4. The van der Waals surface area contributed by atoms with E-state index >= 15 is 0 Å². The van der Waals surface area contributed by atoms with Crippen molar-refractivity contribution < 1.29 is 19.1 Å². The van der Waals surface area contributed by atoms with Crippen molar-refractivity contribution >= 4 is 40.8 Å². The lowest BCUT2D eigenvalue weighted by Crippen LogP contribution is -2.23. The van der Waals surface area contributed by atoms with Gasteiger partial charge in [0.1, 0.15) is 5.60 Å². The summed E-state index contributed by atoms with van der Waals surface area (Å²) in [7, 11) is 1.30. The second-order valence-electron chi connectivity index (χ2n) is 6.51. The third-order valence-electron chi connectivity index (χ3n) is 3.23. The molecule has 0 fully saturated rings. The van der Waals surface area contributed by atoms with Gasteiger partial charge in [-0.05, 0) is 57.2 Å². The van der Waals surface area contributed by atoms with Gasteiger partial charge >= 0.3 is 5.97 Å². The van der Waals surface area contributed by atoms with Gasteiger partial charge in [0.05, 0.1) is 22.7 Å². The fraction of sp³-hybridized carbons (Fsp3) is 0.263. The molecular weight excluding hydrogens is 377 g/mol. The van der Waals surface area contributed by atoms with Crippen LogP contribution in [-0.4, -0.2) is 24.6 Å². The van der Waals surface area contributed by atoms with Crippen molar-refractivity contribution in [2.24, 2.45) is 0 Å². The first kappa shape index (κ1) is 20.1. The van der Waals surface area contributed by atoms with Crippen LogP contribution in [0.15, 0.2) is 36.4 Å². The van der Waals surface area contributed by atoms with Gasteiger partial charge in [0.2, 0.25) is 0 Å². The number of amides is 1. The molecule has 1 amide bonds. The molecule has 0 bridgehead atoms. The van der Waals surface area contributed by atoms with Gasteiger partial charge in [-0.2, -0.15) is 0 Å². The van der Waals surface area contributed by atoms with Crippen LogP contribution in [0.25, 0.3) is 0 Å². The second kappa shape index (κ2) is 7.98. The number of halogens is 2. The molecule has 0 aliphatic rings. The van der Waals surface area contributed by atoms with E-state index in [1.54, 1.807) is 24.3 Å². The van der Waals surface area contributed by atoms with E-state index < -0.39 is 11.6 Å². The Morgan fingerprint density at radius 1 is 0.962 bits per heavy atom. The fourth-order valence-corrected chi connectivity index (χ4v) is 2.67. The van der Waals surface area contributed by atoms with Crippen molar-refractivity contribution in [1.29, 1.82) is 0 Å². The Kier molecular flexibility index (Phi) is 6.16. The molecule has 0 atom stereocenters. The van der Waals surface area contributed by atoms with Gasteiger partial charge in [-0.3, -0.25) is 4.79 Å². The van der Waals surface area contributed by atoms with Crippen molar-refractivity contribution in [3.8, 4) is 5.75 Å². The maximum absolute atomic E-state index is 12.4. The lowest BCUT2D eigenvalue weighted by Gasteiger charge is -2.23. The van der Waals surface area contributed by atoms with E-state index in [9.17, 15) is 9.59 Å². The second-order valence-corrected chi connectivity index (χ2v) is 7.32. The van der Waals surface area contributed by atoms with E-state index in [1.807, 2.05) is 20.8 Å². The maximum Gasteiger partial charge on any atom is 0.337 e. The van der Waals surface area contributed by atoms with Crippen molar-refractivity contribution in [3.05, 3.63) is 57.6 Å². The van der Waals surface area contributed by atoms with Crippen LogP contribution in [-0.2, 0) is 4.74 Å². The maximum atomic E-state index is 12.4. The number of anilines is 1. The minimum atomic E-state index is -0.474. The molecule has 2 aromatic rings. The van der Waals surface area contributed by atoms with Gasteiger partial charge in [-0.15, -0.1) is 0 Å². The third kappa shape index (κ3) is 5.13. The first-order valence-corrected chi connectivity index (χ1v) is 8.54. The van der Waals surface area contributed by atoms with Crippen molar-refractivity contribution in [1.82, 2.24) is 0 Å². The molecular formula is C19H19Cl2NO4. The van der Waals surface area contributed by atoms with Gasteiger partial charge in [0.15, 0.2) is 5.75 Å². The minimum Gasteiger partial charge on any atom is -0.485 e. The summed E-state index contributed by atoms with van der Waals surface area (Å²) >= 11 is 12.4. The molecule has 26 heavy (non-hydrogen) atoms. The van der Waals surface area contributed by atoms with E-state index in [-0.39, 0.29) is 16.0 Å². The topological polar surface area (TPSA) is 64.6 Å². The molecule has 1 N–H and O–H groups in total. The van der Waals surface area contributed by atoms with E-state index in [4.69, 9.17) is 27.9 Å². The van der Waals surface area contributed by atoms with Crippen molar-refractivity contribution in [2.45, 2.75) is 26.4 Å². The molecule has 0 spiro atoms. The molecule has 0 unspecified atom stereocenters. The number of carbonyl (C=O) groups is 2. The van der Waals surface area contributed by atoms with Crippen LogP contribution in [0.4, 0.5) is 5.69 Å². The summed E-state index contributed by atoms with van der Waals surface area (Å²) in [5, 5.41) is 3.21. The fourth-order valence-electron chi connectivity index (χ4n) is 2.11. The summed E-state index contributed by atoms with van der Waals surface area (Å²) < 4.78 is 10.4. The van der Waals surface area contributed by atoms with Crippen LogP contribution in [0.3, 0.4) is 0 Å². The Labute approximate surface area is 162 Å². The van der Waals surface area contributed by atoms with E-state index in [0.717, 1.165) is 0 Å². The van der Waals surface area contributed by atoms with Gasteiger partial charge in [-0.1, -0.05) is 23.2 Å². The SMILES string of the molecule is COC(=O)c1ccc(NC(=O)c2cc(Cl)c(OC(C)(C)C)c(Cl)c2)cc1. The Balaban J connectivity index is 2.18. The number of esters is 1. The first-order valence-electron chi connectivity index (χ1n) is 7.78. The summed E-state index contributed by atoms with van der Waals surface area (Å²) in [4.78, 5) is 23.9. The van der Waals surface area contributed by atoms with E-state index in [1.165, 1.54) is 19.2 Å². The third-order valence-corrected chi connectivity index (χ3v) is 3.79. The number of hydrogen-bond donors (Lipinski definition) is 1. The van der Waals surface area contributed by atoms with Crippen LogP contribution in [0.1, 0.15) is 41.5 Å². The van der Waals surface area contributed by atoms with Crippen molar-refractivity contribution in [3.63, 3.8) is 0 Å². The Hall–Kier alpha value is -2.24. The van der Waals surface area contributed by atoms with Crippen LogP contribution in [0.2, 0.25) is 10.0 Å². The standard InChI is InChI=1S/C19H19Cl2NO4/c1-19(2,3)26-16-14(20)9-12(10-15(16)21)17(23)22-13-7-5-11(6-8-13)18(24)25-4/h5-10H,1-4H3,(H,22,23). The lowest BCUT2D eigenvalue weighted by atomic mass is 10.1. The highest BCUT2D eigenvalue weighted by Gasteiger charge is 2.19. The van der Waals surface area contributed by atoms with Gasteiger partial charge < -0.3 is 14.8 Å². The molecule has 0 aromatic heterocycles. The molecule has 0 heterocycles. The van der Waals surface area contributed by atoms with Gasteiger partial charge in [0.25, 0.3) is 5.91 Å². The summed E-state index contributed by atoms with van der Waals surface area (Å²) in [6.45, 7) is 5.62. The zero-order valence-electron chi connectivity index (χ0n) is 14.9. The average Bonchev–Trinajstić information content (AvgIpc) is 2.57. The molecule has 138 valence electrons. The van der Waals surface area contributed by atoms with Gasteiger partial charge in [-0.25, -0.2) is 4.79 Å². The number of ether oxygens (including phenoxy) is 2. The molecule has 0 aliphatic carbocycles. The monoisotopic (exact) mass is 395 g/mol. The Bertz CT molecular complexity index is 803. The molecule has 0 saturated heterocycles. The average molecular weight is 396 g/mol. The Morgan fingerprint density at radius 3 is 1.96 bits per heavy atom. The highest BCUT2D eigenvalue weighted by atomic mass is 35.5. The number of carbonyl (C=O) groups excluding carboxylic acids is 2. The molecule has 0 saturated carbocycles. The van der Waals surface area contributed by atoms with Crippen LogP contribution >= 0.6 is 23.2 Å². The van der Waals surface area contributed by atoms with Crippen LogP contribution in [0.5, 0.6) is 5.75 Å². The lowest BCUT2D eigenvalue weighted by molar-refractivity contribution is 0.0600. The number of nitrogens with one attached hydrogen (secondary N) is 1. The number of methoxy groups -OCH3 is 1. The zero-order chi connectivity index (χ0) is 19.5. The predicted molar refractivity (Wildman–Crippen MR) is 103 cm³/mol. The Morgan fingerprint density at radius 2 is 1.50 bits per heavy atom. The summed E-state index contributed by atoms with van der Waals surface area (Å²) in [5.74, 6) is -0.502. The van der Waals surface area contributed by atoms with E-state index in [0.29, 0.717) is 22.6 Å². The summed E-state index contributed by atoms with van der Waals surface area (Å²) in [5.41, 5.74) is 0.724. The quantitative estimate of drug-likeness (QED) is 0.721. The first-order chi connectivity index (χ1) is 12.1. The van der Waals surface area contributed by atoms with Crippen LogP contribution < -0.4 is 10.1 Å². The van der Waals surface area contributed by atoms with E-state index in [2.05, 4.69) is 10.1 Å². The summed E-state index contributed by atoms with van der Waals surface area (Å²) in [6, 6.07) is 9.30. The minimum absolute atomic E-state index is 0.249. The predicted octanol–water partition coefficient (Wildman–Crippen LogP) is 5.21. The highest BCUT2D eigenvalue weighted by Crippen LogP contribution is 2.36. The number of rotatable bonds is 4. The van der Waals surface area contributed by atoms with Gasteiger partial charge in [0, 0.05) is 11.3 Å². The molecule has 5 nitrogen and oxygen atoms in total. The van der Waals surface area contributed by atoms with Crippen LogP contribution in [0, 0.1) is 0 Å². The molecule has 0 aliphatic heterocycles. The molecule has 0 radical (unpaired) electrons. The molecule has 2 rings (SSSR count).